The Bertz CT molecular complexity index is 91.2. The molecule has 0 aromatic carbocycles. The van der Waals surface area contributed by atoms with Gasteiger partial charge >= 0.3 is 0 Å². The van der Waals surface area contributed by atoms with Crippen molar-refractivity contribution in [2.24, 2.45) is 0 Å². The van der Waals surface area contributed by atoms with Gasteiger partial charge in [0.05, 0.1) is 0 Å². The van der Waals surface area contributed by atoms with Crippen LogP contribution >= 0.6 is 0 Å². The Labute approximate surface area is 50.1 Å². The molecule has 0 spiro atoms. The zero-order valence-corrected chi connectivity index (χ0v) is 5.62. The van der Waals surface area contributed by atoms with Gasteiger partial charge in [0.25, 0.3) is 0 Å². The molecule has 2 nitrogen and oxygen atoms in total. The Balaban J connectivity index is 3.55. The Morgan fingerprint density at radius 1 is 1.62 bits per heavy atom. The molecule has 1 radical (unpaired) electrons. The van der Waals surface area contributed by atoms with Gasteiger partial charge in [0.1, 0.15) is 5.78 Å². The van der Waals surface area contributed by atoms with Crippen LogP contribution in [0.2, 0.25) is 0 Å². The monoisotopic (exact) mass is 114 g/mol. The van der Waals surface area contributed by atoms with E-state index < -0.39 is 5.54 Å². The molecule has 47 valence electrons. The molecule has 0 unspecified atom stereocenters. The summed E-state index contributed by atoms with van der Waals surface area (Å²) in [6, 6.07) is 0. The maximum Gasteiger partial charge on any atom is 0.131 e. The third-order valence-corrected chi connectivity index (χ3v) is 0.691. The molecule has 0 fully saturated rings. The molecule has 0 heterocycles. The molecule has 0 saturated carbocycles. The smallest absolute Gasteiger partial charge is 0.131 e. The highest BCUT2D eigenvalue weighted by atomic mass is 16.1. The van der Waals surface area contributed by atoms with Gasteiger partial charge in [-0.15, -0.1) is 0 Å². The van der Waals surface area contributed by atoms with Crippen LogP contribution < -0.4 is 5.73 Å². The van der Waals surface area contributed by atoms with Crippen LogP contribution in [0, 0.1) is 0 Å². The molecular formula is C6H12NO. The fourth-order valence-electron chi connectivity index (χ4n) is 0.622. The molecule has 0 bridgehead atoms. The number of ketones is 1. The van der Waals surface area contributed by atoms with Gasteiger partial charge in [-0.2, -0.15) is 0 Å². The summed E-state index contributed by atoms with van der Waals surface area (Å²) in [5.41, 5.74) is 6.66. The van der Waals surface area contributed by atoms with Crippen molar-refractivity contribution in [2.75, 3.05) is 0 Å². The first-order chi connectivity index (χ1) is 3.42. The SMILES string of the molecule is CC(=O)CC(C)(C)[NH]. The second-order valence-electron chi connectivity index (χ2n) is 2.76. The van der Waals surface area contributed by atoms with Crippen LogP contribution in [-0.2, 0) is 4.79 Å². The summed E-state index contributed by atoms with van der Waals surface area (Å²) >= 11 is 0. The summed E-state index contributed by atoms with van der Waals surface area (Å²) in [4.78, 5) is 10.3. The predicted octanol–water partition coefficient (Wildman–Crippen LogP) is 1.03. The highest BCUT2D eigenvalue weighted by Gasteiger charge is 2.13. The molecule has 2 heteroatoms. The summed E-state index contributed by atoms with van der Waals surface area (Å²) in [5, 5.41) is 0. The molecule has 0 amide bonds. The molecule has 0 aliphatic carbocycles. The van der Waals surface area contributed by atoms with E-state index >= 15 is 0 Å². The minimum Gasteiger partial charge on any atom is -0.300 e. The molecule has 0 aliphatic heterocycles. The van der Waals surface area contributed by atoms with Crippen molar-refractivity contribution in [1.29, 1.82) is 0 Å². The Morgan fingerprint density at radius 3 is 2.00 bits per heavy atom. The minimum absolute atomic E-state index is 0.0880. The van der Waals surface area contributed by atoms with Crippen molar-refractivity contribution < 1.29 is 4.79 Å². The van der Waals surface area contributed by atoms with Gasteiger partial charge in [0.15, 0.2) is 0 Å². The molecule has 1 N–H and O–H groups in total. The number of hydrogen-bond donors (Lipinski definition) is 0. The molecular weight excluding hydrogens is 102 g/mol. The Hall–Kier alpha value is -0.370. The first-order valence-electron chi connectivity index (χ1n) is 2.66. The topological polar surface area (TPSA) is 40.9 Å². The van der Waals surface area contributed by atoms with Crippen LogP contribution in [0.15, 0.2) is 0 Å². The maximum absolute atomic E-state index is 10.3. The number of hydrogen-bond acceptors (Lipinski definition) is 1. The second-order valence-corrected chi connectivity index (χ2v) is 2.76. The normalized spacial score (nSPS) is 11.5. The van der Waals surface area contributed by atoms with Crippen molar-refractivity contribution in [1.82, 2.24) is 5.73 Å². The summed E-state index contributed by atoms with van der Waals surface area (Å²) < 4.78 is 0. The highest BCUT2D eigenvalue weighted by molar-refractivity contribution is 5.76. The number of rotatable bonds is 2. The van der Waals surface area contributed by atoms with E-state index in [1.54, 1.807) is 13.8 Å². The van der Waals surface area contributed by atoms with Crippen molar-refractivity contribution >= 4 is 5.78 Å². The van der Waals surface area contributed by atoms with Crippen LogP contribution in [0.1, 0.15) is 27.2 Å². The number of carbonyl (C=O) groups is 1. The number of Topliss-reactive ketones (excluding diaryl/α,β-unsaturated/α-hetero) is 1. The van der Waals surface area contributed by atoms with E-state index in [0.717, 1.165) is 0 Å². The quantitative estimate of drug-likeness (QED) is 0.528. The minimum atomic E-state index is -0.578. The van der Waals surface area contributed by atoms with E-state index in [1.165, 1.54) is 6.92 Å². The van der Waals surface area contributed by atoms with E-state index in [9.17, 15) is 4.79 Å². The zero-order valence-electron chi connectivity index (χ0n) is 5.62. The summed E-state index contributed by atoms with van der Waals surface area (Å²) in [6.07, 6.45) is 0.354. The van der Waals surface area contributed by atoms with Crippen LogP contribution in [0.4, 0.5) is 0 Å². The van der Waals surface area contributed by atoms with Crippen molar-refractivity contribution in [3.05, 3.63) is 0 Å². The summed E-state index contributed by atoms with van der Waals surface area (Å²) in [7, 11) is 0. The van der Waals surface area contributed by atoms with Crippen LogP contribution in [0.5, 0.6) is 0 Å². The third-order valence-electron chi connectivity index (χ3n) is 0.691. The number of carbonyl (C=O) groups excluding carboxylic acids is 1. The van der Waals surface area contributed by atoms with E-state index in [1.807, 2.05) is 0 Å². The van der Waals surface area contributed by atoms with Crippen LogP contribution in [-0.4, -0.2) is 11.3 Å². The average Bonchev–Trinajstić information content (AvgIpc) is 1.21. The van der Waals surface area contributed by atoms with Gasteiger partial charge in [-0.25, -0.2) is 0 Å². The van der Waals surface area contributed by atoms with Gasteiger partial charge in [0.2, 0.25) is 0 Å². The summed E-state index contributed by atoms with van der Waals surface area (Å²) in [6.45, 7) is 4.97. The Morgan fingerprint density at radius 2 is 2.00 bits per heavy atom. The van der Waals surface area contributed by atoms with Gasteiger partial charge < -0.3 is 0 Å². The van der Waals surface area contributed by atoms with Gasteiger partial charge in [0, 0.05) is 12.0 Å². The maximum atomic E-state index is 10.3. The lowest BCUT2D eigenvalue weighted by Gasteiger charge is -2.13. The van der Waals surface area contributed by atoms with Gasteiger partial charge in [-0.05, 0) is 20.8 Å². The molecule has 0 aromatic rings. The van der Waals surface area contributed by atoms with E-state index in [2.05, 4.69) is 0 Å². The van der Waals surface area contributed by atoms with Crippen molar-refractivity contribution in [2.45, 2.75) is 32.7 Å². The lowest BCUT2D eigenvalue weighted by molar-refractivity contribution is -0.117. The Kier molecular flexibility index (Phi) is 2.16. The largest absolute Gasteiger partial charge is 0.300 e. The fraction of sp³-hybridized carbons (Fsp3) is 0.833. The van der Waals surface area contributed by atoms with Crippen LogP contribution in [0.25, 0.3) is 0 Å². The molecule has 0 aliphatic rings. The number of nitrogens with one attached hydrogen (secondary N) is 1. The molecule has 0 rings (SSSR count). The zero-order chi connectivity index (χ0) is 6.78. The molecule has 0 atom stereocenters. The highest BCUT2D eigenvalue weighted by Crippen LogP contribution is 2.04. The lowest BCUT2D eigenvalue weighted by atomic mass is 10.0. The van der Waals surface area contributed by atoms with Crippen LogP contribution in [0.3, 0.4) is 0 Å². The molecule has 0 aromatic heterocycles. The van der Waals surface area contributed by atoms with Gasteiger partial charge in [-0.3, -0.25) is 10.5 Å². The second kappa shape index (κ2) is 2.27. The summed E-state index contributed by atoms with van der Waals surface area (Å²) in [5.74, 6) is 0.0880. The third kappa shape index (κ3) is 5.63. The molecule has 0 saturated heterocycles. The van der Waals surface area contributed by atoms with Crippen molar-refractivity contribution in [3.63, 3.8) is 0 Å². The first kappa shape index (κ1) is 7.63. The standard InChI is InChI=1S/C6H12NO/c1-5(8)4-6(2,3)7/h7H,4H2,1-3H3. The lowest BCUT2D eigenvalue weighted by Crippen LogP contribution is -2.23. The average molecular weight is 114 g/mol. The predicted molar refractivity (Wildman–Crippen MR) is 32.5 cm³/mol. The van der Waals surface area contributed by atoms with Gasteiger partial charge in [-0.1, -0.05) is 0 Å². The molecule has 8 heavy (non-hydrogen) atoms. The van der Waals surface area contributed by atoms with E-state index in [0.29, 0.717) is 6.42 Å². The van der Waals surface area contributed by atoms with E-state index in [-0.39, 0.29) is 5.78 Å². The van der Waals surface area contributed by atoms with Crippen molar-refractivity contribution in [3.8, 4) is 0 Å². The van der Waals surface area contributed by atoms with E-state index in [4.69, 9.17) is 5.73 Å². The first-order valence-corrected chi connectivity index (χ1v) is 2.66. The fourth-order valence-corrected chi connectivity index (χ4v) is 0.622.